The van der Waals surface area contributed by atoms with Gasteiger partial charge in [-0.2, -0.15) is 0 Å². The molecule has 0 aliphatic rings. The Morgan fingerprint density at radius 2 is 2.11 bits per heavy atom. The van der Waals surface area contributed by atoms with Crippen LogP contribution in [-0.4, -0.2) is 32.3 Å². The number of amides is 3. The van der Waals surface area contributed by atoms with Gasteiger partial charge in [0.2, 0.25) is 5.91 Å². The summed E-state index contributed by atoms with van der Waals surface area (Å²) in [5.41, 5.74) is 6.35. The highest BCUT2D eigenvalue weighted by atomic mass is 16.2. The zero-order valence-corrected chi connectivity index (χ0v) is 10.3. The first-order chi connectivity index (χ1) is 8.51. The normalized spacial score (nSPS) is 9.67. The molecule has 3 N–H and O–H groups in total. The van der Waals surface area contributed by atoms with Crippen molar-refractivity contribution < 1.29 is 14.4 Å². The zero-order valence-electron chi connectivity index (χ0n) is 10.3. The lowest BCUT2D eigenvalue weighted by Crippen LogP contribution is -2.35. The number of anilines is 1. The minimum atomic E-state index is -0.530. The molecule has 0 saturated carbocycles. The predicted octanol–water partition coefficient (Wildman–Crippen LogP) is 0.303. The Kier molecular flexibility index (Phi) is 4.42. The van der Waals surface area contributed by atoms with Crippen LogP contribution in [0.3, 0.4) is 0 Å². The smallest absolute Gasteiger partial charge is 0.321 e. The fraction of sp³-hybridized carbons (Fsp3) is 0.250. The van der Waals surface area contributed by atoms with Gasteiger partial charge in [-0.05, 0) is 11.6 Å². The zero-order chi connectivity index (χ0) is 13.7. The fourth-order valence-electron chi connectivity index (χ4n) is 1.65. The topological polar surface area (TPSA) is 92.5 Å². The number of aldehydes is 1. The Morgan fingerprint density at radius 1 is 1.44 bits per heavy atom. The quantitative estimate of drug-likeness (QED) is 0.752. The van der Waals surface area contributed by atoms with E-state index in [1.54, 1.807) is 18.2 Å². The number of nitrogens with two attached hydrogens (primary N) is 1. The molecule has 1 aromatic carbocycles. The van der Waals surface area contributed by atoms with E-state index in [0.29, 0.717) is 23.1 Å². The van der Waals surface area contributed by atoms with Gasteiger partial charge < -0.3 is 11.1 Å². The third-order valence-electron chi connectivity index (χ3n) is 2.54. The van der Waals surface area contributed by atoms with Crippen molar-refractivity contribution in [3.05, 3.63) is 29.3 Å². The Morgan fingerprint density at radius 3 is 2.61 bits per heavy atom. The second-order valence-corrected chi connectivity index (χ2v) is 3.73. The van der Waals surface area contributed by atoms with E-state index in [2.05, 4.69) is 5.32 Å². The third kappa shape index (κ3) is 2.85. The average molecular weight is 249 g/mol. The van der Waals surface area contributed by atoms with Crippen LogP contribution in [0.25, 0.3) is 0 Å². The molecule has 0 aliphatic carbocycles. The summed E-state index contributed by atoms with van der Waals surface area (Å²) in [6, 6.07) is 4.58. The molecule has 0 fully saturated rings. The molecule has 0 radical (unpaired) electrons. The van der Waals surface area contributed by atoms with Crippen molar-refractivity contribution in [1.29, 1.82) is 0 Å². The maximum atomic E-state index is 11.5. The molecule has 3 amide bonds. The van der Waals surface area contributed by atoms with Gasteiger partial charge in [-0.15, -0.1) is 0 Å². The maximum Gasteiger partial charge on any atom is 0.321 e. The van der Waals surface area contributed by atoms with Crippen LogP contribution in [-0.2, 0) is 11.2 Å². The Balaban J connectivity index is 3.24. The monoisotopic (exact) mass is 249 g/mol. The highest BCUT2D eigenvalue weighted by Crippen LogP contribution is 2.22. The molecule has 0 bridgehead atoms. The van der Waals surface area contributed by atoms with Gasteiger partial charge in [0.15, 0.2) is 6.29 Å². The first-order valence-electron chi connectivity index (χ1n) is 5.32. The molecule has 0 unspecified atom stereocenters. The molecule has 1 rings (SSSR count). The standard InChI is InChI=1S/C12H15N3O3/c1-14-12(18)15(2)10-5-3-4-8(6-11(13)17)9(10)7-16/h3-5,7H,6H2,1-2H3,(H2,13,17)(H,14,18). The lowest BCUT2D eigenvalue weighted by Gasteiger charge is -2.19. The molecule has 18 heavy (non-hydrogen) atoms. The summed E-state index contributed by atoms with van der Waals surface area (Å²) in [4.78, 5) is 34.9. The van der Waals surface area contributed by atoms with E-state index in [-0.39, 0.29) is 12.5 Å². The highest BCUT2D eigenvalue weighted by Gasteiger charge is 2.16. The van der Waals surface area contributed by atoms with Crippen molar-refractivity contribution in [2.45, 2.75) is 6.42 Å². The number of benzene rings is 1. The number of urea groups is 1. The summed E-state index contributed by atoms with van der Waals surface area (Å²) < 4.78 is 0. The SMILES string of the molecule is CNC(=O)N(C)c1cccc(CC(N)=O)c1C=O. The lowest BCUT2D eigenvalue weighted by atomic mass is 10.0. The van der Waals surface area contributed by atoms with Gasteiger partial charge >= 0.3 is 6.03 Å². The number of rotatable bonds is 4. The molecule has 0 aromatic heterocycles. The van der Waals surface area contributed by atoms with E-state index in [1.807, 2.05) is 0 Å². The Labute approximate surface area is 105 Å². The largest absolute Gasteiger partial charge is 0.369 e. The minimum Gasteiger partial charge on any atom is -0.369 e. The summed E-state index contributed by atoms with van der Waals surface area (Å²) >= 11 is 0. The van der Waals surface area contributed by atoms with Gasteiger partial charge in [0, 0.05) is 19.7 Å². The van der Waals surface area contributed by atoms with Crippen molar-refractivity contribution in [3.8, 4) is 0 Å². The molecular weight excluding hydrogens is 234 g/mol. The van der Waals surface area contributed by atoms with Gasteiger partial charge in [0.05, 0.1) is 12.1 Å². The van der Waals surface area contributed by atoms with Gasteiger partial charge in [-0.3, -0.25) is 14.5 Å². The fourth-order valence-corrected chi connectivity index (χ4v) is 1.65. The van der Waals surface area contributed by atoms with Crippen molar-refractivity contribution in [1.82, 2.24) is 5.32 Å². The minimum absolute atomic E-state index is 0.0382. The van der Waals surface area contributed by atoms with Crippen LogP contribution in [0.5, 0.6) is 0 Å². The van der Waals surface area contributed by atoms with Gasteiger partial charge in [-0.1, -0.05) is 12.1 Å². The van der Waals surface area contributed by atoms with E-state index < -0.39 is 5.91 Å². The highest BCUT2D eigenvalue weighted by molar-refractivity contribution is 5.98. The molecule has 0 aliphatic heterocycles. The third-order valence-corrected chi connectivity index (χ3v) is 2.54. The van der Waals surface area contributed by atoms with Crippen LogP contribution in [0.2, 0.25) is 0 Å². The summed E-state index contributed by atoms with van der Waals surface area (Å²) in [5, 5.41) is 2.45. The van der Waals surface area contributed by atoms with E-state index in [9.17, 15) is 14.4 Å². The van der Waals surface area contributed by atoms with Crippen molar-refractivity contribution >= 4 is 23.9 Å². The molecule has 6 heteroatoms. The van der Waals surface area contributed by atoms with Gasteiger partial charge in [0.1, 0.15) is 0 Å². The molecule has 1 aromatic rings. The van der Waals surface area contributed by atoms with Crippen LogP contribution in [0, 0.1) is 0 Å². The maximum absolute atomic E-state index is 11.5. The van der Waals surface area contributed by atoms with Gasteiger partial charge in [-0.25, -0.2) is 4.79 Å². The predicted molar refractivity (Wildman–Crippen MR) is 67.6 cm³/mol. The van der Waals surface area contributed by atoms with E-state index in [0.717, 1.165) is 0 Å². The number of carbonyl (C=O) groups is 3. The van der Waals surface area contributed by atoms with Crippen LogP contribution in [0.1, 0.15) is 15.9 Å². The number of primary amides is 1. The summed E-state index contributed by atoms with van der Waals surface area (Å²) in [5.74, 6) is -0.530. The average Bonchev–Trinajstić information content (AvgIpc) is 2.35. The molecule has 96 valence electrons. The van der Waals surface area contributed by atoms with Crippen molar-refractivity contribution in [2.75, 3.05) is 19.0 Å². The lowest BCUT2D eigenvalue weighted by molar-refractivity contribution is -0.117. The van der Waals surface area contributed by atoms with E-state index in [4.69, 9.17) is 5.73 Å². The molecule has 0 heterocycles. The van der Waals surface area contributed by atoms with Crippen LogP contribution in [0.15, 0.2) is 18.2 Å². The van der Waals surface area contributed by atoms with Gasteiger partial charge in [0.25, 0.3) is 0 Å². The van der Waals surface area contributed by atoms with Crippen LogP contribution in [0.4, 0.5) is 10.5 Å². The second kappa shape index (κ2) is 5.81. The summed E-state index contributed by atoms with van der Waals surface area (Å²) in [6.07, 6.45) is 0.580. The number of hydrogen-bond acceptors (Lipinski definition) is 3. The first kappa shape index (κ1) is 13.7. The Hall–Kier alpha value is -2.37. The molecule has 6 nitrogen and oxygen atoms in total. The number of carbonyl (C=O) groups excluding carboxylic acids is 3. The molecular formula is C12H15N3O3. The number of nitrogens with one attached hydrogen (secondary N) is 1. The molecule has 0 spiro atoms. The van der Waals surface area contributed by atoms with Crippen LogP contribution >= 0.6 is 0 Å². The van der Waals surface area contributed by atoms with E-state index >= 15 is 0 Å². The first-order valence-corrected chi connectivity index (χ1v) is 5.32. The summed E-state index contributed by atoms with van der Waals surface area (Å²) in [6.45, 7) is 0. The Bertz CT molecular complexity index is 485. The second-order valence-electron chi connectivity index (χ2n) is 3.73. The van der Waals surface area contributed by atoms with Crippen molar-refractivity contribution in [2.24, 2.45) is 5.73 Å². The number of nitrogens with zero attached hydrogens (tertiary/aromatic N) is 1. The van der Waals surface area contributed by atoms with Crippen molar-refractivity contribution in [3.63, 3.8) is 0 Å². The van der Waals surface area contributed by atoms with Crippen LogP contribution < -0.4 is 16.0 Å². The molecule has 0 saturated heterocycles. The van der Waals surface area contributed by atoms with E-state index in [1.165, 1.54) is 19.0 Å². The summed E-state index contributed by atoms with van der Waals surface area (Å²) in [7, 11) is 3.03. The number of hydrogen-bond donors (Lipinski definition) is 2. The molecule has 0 atom stereocenters.